The maximum Gasteiger partial charge on any atom is 0.243 e. The molecule has 4 amide bonds. The zero-order valence-electron chi connectivity index (χ0n) is 14.9. The van der Waals surface area contributed by atoms with Crippen molar-refractivity contribution in [1.29, 1.82) is 0 Å². The zero-order valence-corrected chi connectivity index (χ0v) is 14.9. The Bertz CT molecular complexity index is 501. The molecule has 1 fully saturated rings. The van der Waals surface area contributed by atoms with Gasteiger partial charge in [-0.1, -0.05) is 13.8 Å². The standard InChI is InChI=1S/C17H25N4O4/c1-10(2)15(20-12(4)22)17(25)18-9-14(23)19-11(3)16(24)21-13-7-5-6-8-13/h5-8,10-11,15H,9H2,1-4H3,(H,18,25)(H,19,23)(H,20,22)(H,21,24)/t11-,15-/m0/s1. The number of carbonyl (C=O) groups is 4. The van der Waals surface area contributed by atoms with E-state index in [2.05, 4.69) is 21.3 Å². The van der Waals surface area contributed by atoms with Crippen LogP contribution < -0.4 is 21.3 Å². The average Bonchev–Trinajstić information content (AvgIpc) is 3.02. The fraction of sp³-hybridized carbons (Fsp3) is 0.471. The summed E-state index contributed by atoms with van der Waals surface area (Å²) in [6.07, 6.45) is 7.05. The molecular weight excluding hydrogens is 324 g/mol. The fourth-order valence-electron chi connectivity index (χ4n) is 2.10. The molecular formula is C17H25N4O4. The van der Waals surface area contributed by atoms with Crippen LogP contribution in [0.1, 0.15) is 27.7 Å². The maximum absolute atomic E-state index is 12.1. The summed E-state index contributed by atoms with van der Waals surface area (Å²) < 4.78 is 0. The Morgan fingerprint density at radius 3 is 2.08 bits per heavy atom. The molecule has 8 nitrogen and oxygen atoms in total. The molecule has 0 aliphatic heterocycles. The van der Waals surface area contributed by atoms with Gasteiger partial charge in [0, 0.05) is 6.92 Å². The summed E-state index contributed by atoms with van der Waals surface area (Å²) in [7, 11) is 0. The van der Waals surface area contributed by atoms with Crippen LogP contribution in [-0.4, -0.2) is 42.3 Å². The van der Waals surface area contributed by atoms with Gasteiger partial charge >= 0.3 is 0 Å². The van der Waals surface area contributed by atoms with Crippen molar-refractivity contribution in [2.75, 3.05) is 6.54 Å². The molecule has 8 heteroatoms. The van der Waals surface area contributed by atoms with E-state index in [1.54, 1.807) is 46.5 Å². The SMILES string of the molecule is CC(=O)N[C@H](C(=O)NCC(=O)N[C@@H](C)C(=O)N[C]1[CH][CH][CH][CH]1)C(C)C. The average molecular weight is 349 g/mol. The van der Waals surface area contributed by atoms with Crippen molar-refractivity contribution in [2.24, 2.45) is 5.92 Å². The fourth-order valence-corrected chi connectivity index (χ4v) is 2.10. The summed E-state index contributed by atoms with van der Waals surface area (Å²) >= 11 is 0. The number of rotatable bonds is 8. The molecule has 25 heavy (non-hydrogen) atoms. The first-order valence-electron chi connectivity index (χ1n) is 8.07. The van der Waals surface area contributed by atoms with Crippen LogP contribution in [0.4, 0.5) is 0 Å². The van der Waals surface area contributed by atoms with Crippen molar-refractivity contribution in [3.05, 3.63) is 31.7 Å². The lowest BCUT2D eigenvalue weighted by Gasteiger charge is -2.21. The van der Waals surface area contributed by atoms with Crippen LogP contribution in [0, 0.1) is 37.6 Å². The summed E-state index contributed by atoms with van der Waals surface area (Å²) in [6, 6.07) is -0.826. The van der Waals surface area contributed by atoms with Crippen LogP contribution in [0.15, 0.2) is 0 Å². The van der Waals surface area contributed by atoms with E-state index >= 15 is 0 Å². The van der Waals surface area contributed by atoms with Gasteiger partial charge in [0.05, 0.1) is 12.6 Å². The van der Waals surface area contributed by atoms with E-state index in [4.69, 9.17) is 0 Å². The van der Waals surface area contributed by atoms with E-state index in [1.165, 1.54) is 6.92 Å². The molecule has 0 bridgehead atoms. The third-order valence-electron chi connectivity index (χ3n) is 3.43. The number of hydrogen-bond donors (Lipinski definition) is 4. The Hall–Kier alpha value is -2.12. The van der Waals surface area contributed by atoms with Crippen molar-refractivity contribution >= 4 is 23.6 Å². The Balaban J connectivity index is 2.38. The molecule has 0 spiro atoms. The third-order valence-corrected chi connectivity index (χ3v) is 3.43. The predicted molar refractivity (Wildman–Crippen MR) is 91.6 cm³/mol. The molecule has 0 saturated heterocycles. The normalized spacial score (nSPS) is 16.8. The van der Waals surface area contributed by atoms with E-state index in [1.807, 2.05) is 0 Å². The first-order chi connectivity index (χ1) is 11.7. The van der Waals surface area contributed by atoms with E-state index in [0.29, 0.717) is 6.04 Å². The van der Waals surface area contributed by atoms with E-state index in [9.17, 15) is 19.2 Å². The number of nitrogens with one attached hydrogen (secondary N) is 4. The molecule has 0 heterocycles. The van der Waals surface area contributed by atoms with Crippen LogP contribution in [-0.2, 0) is 19.2 Å². The Morgan fingerprint density at radius 2 is 1.56 bits per heavy atom. The third kappa shape index (κ3) is 7.53. The highest BCUT2D eigenvalue weighted by molar-refractivity contribution is 5.92. The van der Waals surface area contributed by atoms with E-state index < -0.39 is 23.9 Å². The summed E-state index contributed by atoms with van der Waals surface area (Å²) in [5.41, 5.74) is 0. The highest BCUT2D eigenvalue weighted by atomic mass is 16.2. The van der Waals surface area contributed by atoms with Crippen LogP contribution in [0.5, 0.6) is 0 Å². The number of amides is 4. The zero-order chi connectivity index (χ0) is 19.0. The van der Waals surface area contributed by atoms with Gasteiger partial charge in [0.1, 0.15) is 12.1 Å². The highest BCUT2D eigenvalue weighted by Gasteiger charge is 2.25. The largest absolute Gasteiger partial charge is 0.346 e. The van der Waals surface area contributed by atoms with Crippen molar-refractivity contribution in [3.8, 4) is 0 Å². The molecule has 1 aliphatic carbocycles. The second kappa shape index (κ2) is 10.0. The lowest BCUT2D eigenvalue weighted by molar-refractivity contribution is -0.131. The topological polar surface area (TPSA) is 116 Å². The molecule has 5 radical (unpaired) electrons. The molecule has 0 aromatic rings. The Kier molecular flexibility index (Phi) is 8.37. The highest BCUT2D eigenvalue weighted by Crippen LogP contribution is 2.19. The summed E-state index contributed by atoms with van der Waals surface area (Å²) in [6.45, 7) is 6.16. The lowest BCUT2D eigenvalue weighted by atomic mass is 10.0. The van der Waals surface area contributed by atoms with Gasteiger partial charge in [-0.2, -0.15) is 0 Å². The van der Waals surface area contributed by atoms with Crippen molar-refractivity contribution in [2.45, 2.75) is 39.8 Å². The quantitative estimate of drug-likeness (QED) is 0.461. The molecule has 137 valence electrons. The molecule has 1 saturated carbocycles. The second-order valence-electron chi connectivity index (χ2n) is 6.09. The Morgan fingerprint density at radius 1 is 0.960 bits per heavy atom. The minimum atomic E-state index is -0.754. The number of carbonyl (C=O) groups excluding carboxylic acids is 4. The van der Waals surface area contributed by atoms with Crippen LogP contribution in [0.3, 0.4) is 0 Å². The maximum atomic E-state index is 12.1. The van der Waals surface area contributed by atoms with Gasteiger partial charge in [0.2, 0.25) is 23.6 Å². The van der Waals surface area contributed by atoms with Gasteiger partial charge in [-0.15, -0.1) is 0 Å². The number of hydrogen-bond acceptors (Lipinski definition) is 4. The summed E-state index contributed by atoms with van der Waals surface area (Å²) in [4.78, 5) is 47.0. The first kappa shape index (κ1) is 20.9. The van der Waals surface area contributed by atoms with Crippen LogP contribution >= 0.6 is 0 Å². The minimum absolute atomic E-state index is 0.124. The van der Waals surface area contributed by atoms with Gasteiger partial charge in [-0.3, -0.25) is 19.2 Å². The minimum Gasteiger partial charge on any atom is -0.346 e. The van der Waals surface area contributed by atoms with Gasteiger partial charge in [-0.05, 0) is 38.5 Å². The Labute approximate surface area is 148 Å². The van der Waals surface area contributed by atoms with Crippen molar-refractivity contribution in [3.63, 3.8) is 0 Å². The first-order valence-corrected chi connectivity index (χ1v) is 8.07. The molecule has 1 rings (SSSR count). The molecule has 1 aliphatic rings. The molecule has 4 N–H and O–H groups in total. The molecule has 0 unspecified atom stereocenters. The van der Waals surface area contributed by atoms with Crippen molar-refractivity contribution < 1.29 is 19.2 Å². The van der Waals surface area contributed by atoms with Crippen LogP contribution in [0.25, 0.3) is 0 Å². The van der Waals surface area contributed by atoms with Crippen molar-refractivity contribution in [1.82, 2.24) is 21.3 Å². The van der Waals surface area contributed by atoms with Crippen LogP contribution in [0.2, 0.25) is 0 Å². The summed E-state index contributed by atoms with van der Waals surface area (Å²) in [5.74, 6) is -1.75. The summed E-state index contributed by atoms with van der Waals surface area (Å²) in [5, 5.41) is 10.2. The second-order valence-corrected chi connectivity index (χ2v) is 6.09. The van der Waals surface area contributed by atoms with E-state index in [0.717, 1.165) is 0 Å². The van der Waals surface area contributed by atoms with Gasteiger partial charge in [0.25, 0.3) is 0 Å². The molecule has 0 aromatic heterocycles. The van der Waals surface area contributed by atoms with Gasteiger partial charge in [0.15, 0.2) is 0 Å². The van der Waals surface area contributed by atoms with Gasteiger partial charge in [-0.25, -0.2) is 0 Å². The monoisotopic (exact) mass is 349 g/mol. The van der Waals surface area contributed by atoms with Gasteiger partial charge < -0.3 is 21.3 Å². The smallest absolute Gasteiger partial charge is 0.243 e. The molecule has 2 atom stereocenters. The molecule has 0 aromatic carbocycles. The van der Waals surface area contributed by atoms with E-state index in [-0.39, 0.29) is 24.3 Å². The lowest BCUT2D eigenvalue weighted by Crippen LogP contribution is -2.52. The predicted octanol–water partition coefficient (Wildman–Crippen LogP) is -0.753.